The Balaban J connectivity index is 1.38. The zero-order valence-electron chi connectivity index (χ0n) is 20.7. The summed E-state index contributed by atoms with van der Waals surface area (Å²) < 4.78 is 0. The SMILES string of the molecule is CC1C/C(=C/c2ccccc2)c2nc3ccccc3c(C(=O)N3CCC(N4CCNC4=O)CC3)c2C1. The fourth-order valence-corrected chi connectivity index (χ4v) is 6.10. The van der Waals surface area contributed by atoms with Crippen molar-refractivity contribution in [2.45, 2.75) is 38.6 Å². The first-order valence-electron chi connectivity index (χ1n) is 13.1. The van der Waals surface area contributed by atoms with Gasteiger partial charge in [-0.2, -0.15) is 0 Å². The molecule has 3 heterocycles. The van der Waals surface area contributed by atoms with Crippen LogP contribution in [0.2, 0.25) is 0 Å². The largest absolute Gasteiger partial charge is 0.338 e. The number of para-hydroxylation sites is 1. The summed E-state index contributed by atoms with van der Waals surface area (Å²) in [6.45, 7) is 5.07. The first kappa shape index (κ1) is 22.8. The number of pyridine rings is 1. The number of rotatable bonds is 3. The van der Waals surface area contributed by atoms with E-state index in [0.717, 1.165) is 65.5 Å². The van der Waals surface area contributed by atoms with Crippen molar-refractivity contribution in [2.75, 3.05) is 26.2 Å². The minimum absolute atomic E-state index is 0.0284. The summed E-state index contributed by atoms with van der Waals surface area (Å²) in [6.07, 6.45) is 5.67. The maximum absolute atomic E-state index is 14.1. The molecule has 1 N–H and O–H groups in total. The molecule has 0 saturated carbocycles. The number of piperidine rings is 1. The molecule has 6 heteroatoms. The van der Waals surface area contributed by atoms with Gasteiger partial charge in [-0.3, -0.25) is 4.79 Å². The van der Waals surface area contributed by atoms with Crippen LogP contribution in [0, 0.1) is 5.92 Å². The number of hydrogen-bond donors (Lipinski definition) is 1. The third kappa shape index (κ3) is 4.15. The van der Waals surface area contributed by atoms with E-state index >= 15 is 0 Å². The van der Waals surface area contributed by atoms with Crippen LogP contribution in [-0.4, -0.2) is 58.9 Å². The van der Waals surface area contributed by atoms with Crippen LogP contribution in [-0.2, 0) is 6.42 Å². The number of fused-ring (bicyclic) bond motifs is 2. The lowest BCUT2D eigenvalue weighted by Gasteiger charge is -2.37. The number of carbonyl (C=O) groups is 2. The average molecular weight is 481 g/mol. The average Bonchev–Trinajstić information content (AvgIpc) is 3.33. The van der Waals surface area contributed by atoms with E-state index in [-0.39, 0.29) is 18.0 Å². The van der Waals surface area contributed by atoms with Crippen LogP contribution in [0.3, 0.4) is 0 Å². The first-order chi connectivity index (χ1) is 17.6. The Bertz CT molecular complexity index is 1340. The first-order valence-corrected chi connectivity index (χ1v) is 13.1. The smallest absolute Gasteiger partial charge is 0.317 e. The van der Waals surface area contributed by atoms with Gasteiger partial charge in [0.05, 0.1) is 16.8 Å². The second-order valence-electron chi connectivity index (χ2n) is 10.4. The van der Waals surface area contributed by atoms with Crippen molar-refractivity contribution in [2.24, 2.45) is 5.92 Å². The van der Waals surface area contributed by atoms with Gasteiger partial charge < -0.3 is 15.1 Å². The molecule has 3 amide bonds. The van der Waals surface area contributed by atoms with Crippen LogP contribution < -0.4 is 5.32 Å². The van der Waals surface area contributed by atoms with Crippen LogP contribution in [0.5, 0.6) is 0 Å². The topological polar surface area (TPSA) is 65.5 Å². The molecule has 3 aromatic rings. The van der Waals surface area contributed by atoms with Crippen molar-refractivity contribution in [1.82, 2.24) is 20.1 Å². The predicted octanol–water partition coefficient (Wildman–Crippen LogP) is 4.99. The summed E-state index contributed by atoms with van der Waals surface area (Å²) in [4.78, 5) is 35.3. The molecule has 184 valence electrons. The van der Waals surface area contributed by atoms with Gasteiger partial charge in [0.2, 0.25) is 0 Å². The summed E-state index contributed by atoms with van der Waals surface area (Å²) in [5, 5.41) is 3.84. The number of aromatic nitrogens is 1. The lowest BCUT2D eigenvalue weighted by molar-refractivity contribution is 0.0666. The van der Waals surface area contributed by atoms with Gasteiger partial charge in [-0.25, -0.2) is 9.78 Å². The maximum Gasteiger partial charge on any atom is 0.317 e. The standard InChI is InChI=1S/C30H32N4O2/c1-20-17-22(19-21-7-3-2-4-8-21)28-25(18-20)27(24-9-5-6-10-26(24)32-28)29(35)33-14-11-23(12-15-33)34-16-13-31-30(34)36/h2-10,19-20,23H,11-18H2,1H3,(H,31,36)/b22-19-. The van der Waals surface area contributed by atoms with Gasteiger partial charge in [-0.15, -0.1) is 0 Å². The van der Waals surface area contributed by atoms with Crippen LogP contribution in [0.1, 0.15) is 53.4 Å². The zero-order chi connectivity index (χ0) is 24.6. The third-order valence-electron chi connectivity index (χ3n) is 7.85. The van der Waals surface area contributed by atoms with Crippen molar-refractivity contribution < 1.29 is 9.59 Å². The minimum Gasteiger partial charge on any atom is -0.338 e. The summed E-state index contributed by atoms with van der Waals surface area (Å²) in [5.41, 5.74) is 6.11. The number of amides is 3. The molecule has 6 rings (SSSR count). The molecule has 1 atom stereocenters. The van der Waals surface area contributed by atoms with Crippen molar-refractivity contribution in [1.29, 1.82) is 0 Å². The van der Waals surface area contributed by atoms with E-state index in [1.165, 1.54) is 5.57 Å². The van der Waals surface area contributed by atoms with E-state index in [1.807, 2.05) is 40.1 Å². The van der Waals surface area contributed by atoms with Crippen molar-refractivity contribution in [3.8, 4) is 0 Å². The van der Waals surface area contributed by atoms with Gasteiger partial charge in [0, 0.05) is 37.6 Å². The van der Waals surface area contributed by atoms with Crippen LogP contribution in [0.4, 0.5) is 4.79 Å². The van der Waals surface area contributed by atoms with E-state index in [4.69, 9.17) is 4.98 Å². The van der Waals surface area contributed by atoms with E-state index in [0.29, 0.717) is 25.6 Å². The number of carbonyl (C=O) groups excluding carboxylic acids is 2. The van der Waals surface area contributed by atoms with Crippen molar-refractivity contribution in [3.05, 3.63) is 77.0 Å². The number of likely N-dealkylation sites (tertiary alicyclic amines) is 1. The van der Waals surface area contributed by atoms with Crippen LogP contribution in [0.15, 0.2) is 54.6 Å². The van der Waals surface area contributed by atoms with Gasteiger partial charge in [0.1, 0.15) is 0 Å². The molecule has 2 fully saturated rings. The molecule has 2 aromatic carbocycles. The molecule has 0 spiro atoms. The zero-order valence-corrected chi connectivity index (χ0v) is 20.7. The highest BCUT2D eigenvalue weighted by atomic mass is 16.2. The quantitative estimate of drug-likeness (QED) is 0.575. The molecule has 0 radical (unpaired) electrons. The number of nitrogens with one attached hydrogen (secondary N) is 1. The molecule has 0 bridgehead atoms. The van der Waals surface area contributed by atoms with Gasteiger partial charge >= 0.3 is 6.03 Å². The fraction of sp³-hybridized carbons (Fsp3) is 0.367. The second-order valence-corrected chi connectivity index (χ2v) is 10.4. The maximum atomic E-state index is 14.1. The Labute approximate surface area is 212 Å². The fourth-order valence-electron chi connectivity index (χ4n) is 6.10. The minimum atomic E-state index is 0.0284. The van der Waals surface area contributed by atoms with Crippen molar-refractivity contribution in [3.63, 3.8) is 0 Å². The molecular formula is C30H32N4O2. The summed E-state index contributed by atoms with van der Waals surface area (Å²) in [5.74, 6) is 0.531. The van der Waals surface area contributed by atoms with Crippen LogP contribution >= 0.6 is 0 Å². The highest BCUT2D eigenvalue weighted by molar-refractivity contribution is 6.09. The molecule has 6 nitrogen and oxygen atoms in total. The van der Waals surface area contributed by atoms with Crippen molar-refractivity contribution >= 4 is 34.5 Å². The Kier molecular flexibility index (Phi) is 5.96. The normalized spacial score (nSPS) is 21.6. The lowest BCUT2D eigenvalue weighted by Crippen LogP contribution is -2.48. The number of allylic oxidation sites excluding steroid dienone is 1. The monoisotopic (exact) mass is 480 g/mol. The number of benzene rings is 2. The summed E-state index contributed by atoms with van der Waals surface area (Å²) in [7, 11) is 0. The van der Waals surface area contributed by atoms with Gasteiger partial charge in [0.25, 0.3) is 5.91 Å². The Morgan fingerprint density at radius 2 is 1.75 bits per heavy atom. The lowest BCUT2D eigenvalue weighted by atomic mass is 9.80. The molecule has 1 unspecified atom stereocenters. The van der Waals surface area contributed by atoms with E-state index < -0.39 is 0 Å². The van der Waals surface area contributed by atoms with E-state index in [2.05, 4.69) is 42.6 Å². The molecule has 36 heavy (non-hydrogen) atoms. The summed E-state index contributed by atoms with van der Waals surface area (Å²) in [6, 6.07) is 18.7. The molecule has 2 aliphatic heterocycles. The molecule has 3 aliphatic rings. The highest BCUT2D eigenvalue weighted by Gasteiger charge is 2.34. The Morgan fingerprint density at radius 1 is 1.00 bits per heavy atom. The van der Waals surface area contributed by atoms with E-state index in [9.17, 15) is 9.59 Å². The number of urea groups is 1. The molecule has 1 aliphatic carbocycles. The number of hydrogen-bond acceptors (Lipinski definition) is 3. The third-order valence-corrected chi connectivity index (χ3v) is 7.85. The van der Waals surface area contributed by atoms with Gasteiger partial charge in [-0.1, -0.05) is 55.5 Å². The van der Waals surface area contributed by atoms with E-state index in [1.54, 1.807) is 0 Å². The Morgan fingerprint density at radius 3 is 2.50 bits per heavy atom. The summed E-state index contributed by atoms with van der Waals surface area (Å²) >= 11 is 0. The molecular weight excluding hydrogens is 448 g/mol. The second kappa shape index (κ2) is 9.41. The number of nitrogens with zero attached hydrogens (tertiary/aromatic N) is 3. The van der Waals surface area contributed by atoms with Gasteiger partial charge in [0.15, 0.2) is 0 Å². The van der Waals surface area contributed by atoms with Gasteiger partial charge in [-0.05, 0) is 60.4 Å². The highest BCUT2D eigenvalue weighted by Crippen LogP contribution is 2.39. The molecule has 2 saturated heterocycles. The Hall–Kier alpha value is -3.67. The molecule has 1 aromatic heterocycles. The van der Waals surface area contributed by atoms with Crippen LogP contribution in [0.25, 0.3) is 22.6 Å². The predicted molar refractivity (Wildman–Crippen MR) is 143 cm³/mol.